The van der Waals surface area contributed by atoms with Gasteiger partial charge in [-0.3, -0.25) is 9.69 Å². The Morgan fingerprint density at radius 1 is 1.33 bits per heavy atom. The number of amides is 1. The predicted molar refractivity (Wildman–Crippen MR) is 85.5 cm³/mol. The molecule has 24 heavy (non-hydrogen) atoms. The molecule has 1 N–H and O–H groups in total. The van der Waals surface area contributed by atoms with Gasteiger partial charge in [0.05, 0.1) is 25.4 Å². The van der Waals surface area contributed by atoms with Crippen LogP contribution in [0.15, 0.2) is 4.52 Å². The smallest absolute Gasteiger partial charge is 0.227 e. The van der Waals surface area contributed by atoms with E-state index in [1.54, 1.807) is 4.90 Å². The third kappa shape index (κ3) is 3.93. The Kier molecular flexibility index (Phi) is 5.47. The van der Waals surface area contributed by atoms with Gasteiger partial charge < -0.3 is 19.3 Å². The zero-order valence-corrected chi connectivity index (χ0v) is 14.3. The number of aliphatic hydroxyl groups excluding tert-OH is 1. The van der Waals surface area contributed by atoms with Gasteiger partial charge in [-0.1, -0.05) is 19.0 Å². The Bertz CT molecular complexity index is 556. The van der Waals surface area contributed by atoms with E-state index in [0.29, 0.717) is 50.9 Å². The maximum Gasteiger partial charge on any atom is 0.227 e. The van der Waals surface area contributed by atoms with E-state index in [-0.39, 0.29) is 17.9 Å². The number of carbonyl (C=O) groups is 1. The Hall–Kier alpha value is -1.51. The van der Waals surface area contributed by atoms with Gasteiger partial charge in [0, 0.05) is 44.9 Å². The number of carbonyl (C=O) groups excluding carboxylic acids is 1. The van der Waals surface area contributed by atoms with E-state index in [0.717, 1.165) is 13.1 Å². The van der Waals surface area contributed by atoms with Gasteiger partial charge in [-0.05, 0) is 0 Å². The van der Waals surface area contributed by atoms with Crippen LogP contribution in [0.25, 0.3) is 0 Å². The van der Waals surface area contributed by atoms with Crippen molar-refractivity contribution in [2.45, 2.75) is 44.8 Å². The summed E-state index contributed by atoms with van der Waals surface area (Å²) in [4.78, 5) is 20.7. The lowest BCUT2D eigenvalue weighted by atomic mass is 10.1. The third-order valence-corrected chi connectivity index (χ3v) is 4.68. The molecule has 2 atom stereocenters. The first kappa shape index (κ1) is 17.3. The minimum Gasteiger partial charge on any atom is -0.390 e. The Balaban J connectivity index is 1.50. The van der Waals surface area contributed by atoms with Crippen LogP contribution in [-0.2, 0) is 16.0 Å². The van der Waals surface area contributed by atoms with Crippen LogP contribution < -0.4 is 0 Å². The number of aromatic nitrogens is 2. The summed E-state index contributed by atoms with van der Waals surface area (Å²) in [5, 5.41) is 14.2. The molecule has 2 aliphatic heterocycles. The van der Waals surface area contributed by atoms with Crippen molar-refractivity contribution < 1.29 is 19.2 Å². The Labute approximate surface area is 141 Å². The lowest BCUT2D eigenvalue weighted by Gasteiger charge is -2.33. The number of ether oxygens (including phenoxy) is 1. The minimum absolute atomic E-state index is 0.00815. The summed E-state index contributed by atoms with van der Waals surface area (Å²) in [6, 6.07) is 0.00815. The van der Waals surface area contributed by atoms with Crippen LogP contribution in [0.2, 0.25) is 0 Å². The topological polar surface area (TPSA) is 91.9 Å². The second kappa shape index (κ2) is 7.58. The monoisotopic (exact) mass is 338 g/mol. The summed E-state index contributed by atoms with van der Waals surface area (Å²) in [6.45, 7) is 7.95. The summed E-state index contributed by atoms with van der Waals surface area (Å²) < 4.78 is 10.5. The molecular formula is C16H26N4O4. The maximum absolute atomic E-state index is 12.4. The number of rotatable bonds is 5. The first-order chi connectivity index (χ1) is 11.5. The highest BCUT2D eigenvalue weighted by atomic mass is 16.5. The molecular weight excluding hydrogens is 312 g/mol. The van der Waals surface area contributed by atoms with E-state index >= 15 is 0 Å². The molecule has 0 aromatic carbocycles. The number of hydrogen-bond acceptors (Lipinski definition) is 7. The third-order valence-electron chi connectivity index (χ3n) is 4.68. The molecule has 134 valence electrons. The van der Waals surface area contributed by atoms with Crippen LogP contribution in [0, 0.1) is 0 Å². The molecule has 0 saturated carbocycles. The van der Waals surface area contributed by atoms with Crippen molar-refractivity contribution in [3.8, 4) is 0 Å². The van der Waals surface area contributed by atoms with Crippen molar-refractivity contribution in [3.63, 3.8) is 0 Å². The van der Waals surface area contributed by atoms with Crippen molar-refractivity contribution in [1.29, 1.82) is 0 Å². The lowest BCUT2D eigenvalue weighted by molar-refractivity contribution is -0.130. The van der Waals surface area contributed by atoms with Crippen LogP contribution in [-0.4, -0.2) is 82.5 Å². The molecule has 2 fully saturated rings. The van der Waals surface area contributed by atoms with Gasteiger partial charge in [-0.25, -0.2) is 0 Å². The van der Waals surface area contributed by atoms with Crippen LogP contribution in [0.5, 0.6) is 0 Å². The zero-order valence-electron chi connectivity index (χ0n) is 14.3. The van der Waals surface area contributed by atoms with Gasteiger partial charge in [-0.2, -0.15) is 4.98 Å². The van der Waals surface area contributed by atoms with Crippen LogP contribution >= 0.6 is 0 Å². The largest absolute Gasteiger partial charge is 0.390 e. The van der Waals surface area contributed by atoms with E-state index in [9.17, 15) is 9.90 Å². The SMILES string of the molecule is CC(C)c1noc(CCC(=O)N2C[C@@H](O)[C@H](N3CCOCC3)C2)n1. The normalized spacial score (nSPS) is 25.6. The van der Waals surface area contributed by atoms with Crippen molar-refractivity contribution >= 4 is 5.91 Å². The van der Waals surface area contributed by atoms with Crippen molar-refractivity contribution in [2.24, 2.45) is 0 Å². The fourth-order valence-electron chi connectivity index (χ4n) is 3.22. The van der Waals surface area contributed by atoms with Gasteiger partial charge in [0.15, 0.2) is 5.82 Å². The Morgan fingerprint density at radius 3 is 2.75 bits per heavy atom. The molecule has 0 spiro atoms. The number of likely N-dealkylation sites (tertiary alicyclic amines) is 1. The summed E-state index contributed by atoms with van der Waals surface area (Å²) >= 11 is 0. The van der Waals surface area contributed by atoms with Gasteiger partial charge in [0.2, 0.25) is 11.8 Å². The maximum atomic E-state index is 12.4. The van der Waals surface area contributed by atoms with Crippen molar-refractivity contribution in [1.82, 2.24) is 19.9 Å². The standard InChI is InChI=1S/C16H26N4O4/c1-11(2)16-17-14(24-18-16)3-4-15(22)20-9-12(13(21)10-20)19-5-7-23-8-6-19/h11-13,21H,3-10H2,1-2H3/t12-,13-/m1/s1. The predicted octanol–water partition coefficient (Wildman–Crippen LogP) is 0.0295. The number of morpholine rings is 1. The van der Waals surface area contributed by atoms with Gasteiger partial charge in [-0.15, -0.1) is 0 Å². The van der Waals surface area contributed by atoms with E-state index in [1.165, 1.54) is 0 Å². The summed E-state index contributed by atoms with van der Waals surface area (Å²) in [5.74, 6) is 1.40. The molecule has 0 unspecified atom stereocenters. The molecule has 2 aliphatic rings. The fraction of sp³-hybridized carbons (Fsp3) is 0.812. The molecule has 1 amide bonds. The highest BCUT2D eigenvalue weighted by Gasteiger charge is 2.37. The highest BCUT2D eigenvalue weighted by molar-refractivity contribution is 5.76. The molecule has 3 heterocycles. The first-order valence-electron chi connectivity index (χ1n) is 8.64. The molecule has 3 rings (SSSR count). The minimum atomic E-state index is -0.497. The molecule has 1 aromatic heterocycles. The van der Waals surface area contributed by atoms with Gasteiger partial charge in [0.1, 0.15) is 0 Å². The summed E-state index contributed by atoms with van der Waals surface area (Å²) in [6.07, 6.45) is 0.262. The number of β-amino-alcohol motifs (C(OH)–C–C–N with tert-alkyl or cyclic N) is 1. The van der Waals surface area contributed by atoms with Crippen LogP contribution in [0.1, 0.15) is 37.9 Å². The fourth-order valence-corrected chi connectivity index (χ4v) is 3.22. The molecule has 2 saturated heterocycles. The summed E-state index contributed by atoms with van der Waals surface area (Å²) in [7, 11) is 0. The number of nitrogens with zero attached hydrogens (tertiary/aromatic N) is 4. The molecule has 1 aromatic rings. The summed E-state index contributed by atoms with van der Waals surface area (Å²) in [5.41, 5.74) is 0. The van der Waals surface area contributed by atoms with Gasteiger partial charge in [0.25, 0.3) is 0 Å². The molecule has 8 nitrogen and oxygen atoms in total. The average molecular weight is 338 g/mol. The van der Waals surface area contributed by atoms with Gasteiger partial charge >= 0.3 is 0 Å². The van der Waals surface area contributed by atoms with Crippen LogP contribution in [0.3, 0.4) is 0 Å². The number of hydrogen-bond donors (Lipinski definition) is 1. The highest BCUT2D eigenvalue weighted by Crippen LogP contribution is 2.19. The zero-order chi connectivity index (χ0) is 17.1. The van der Waals surface area contributed by atoms with Crippen LogP contribution in [0.4, 0.5) is 0 Å². The van der Waals surface area contributed by atoms with Crippen molar-refractivity contribution in [2.75, 3.05) is 39.4 Å². The van der Waals surface area contributed by atoms with E-state index in [2.05, 4.69) is 15.0 Å². The van der Waals surface area contributed by atoms with E-state index in [4.69, 9.17) is 9.26 Å². The van der Waals surface area contributed by atoms with E-state index < -0.39 is 6.10 Å². The average Bonchev–Trinajstić information content (AvgIpc) is 3.20. The van der Waals surface area contributed by atoms with Crippen molar-refractivity contribution in [3.05, 3.63) is 11.7 Å². The van der Waals surface area contributed by atoms with E-state index in [1.807, 2.05) is 13.8 Å². The molecule has 0 aliphatic carbocycles. The quantitative estimate of drug-likeness (QED) is 0.810. The number of aryl methyl sites for hydroxylation is 1. The first-order valence-corrected chi connectivity index (χ1v) is 8.64. The molecule has 8 heteroatoms. The molecule has 0 bridgehead atoms. The Morgan fingerprint density at radius 2 is 2.08 bits per heavy atom. The second-order valence-corrected chi connectivity index (χ2v) is 6.78. The number of aliphatic hydroxyl groups is 1. The lowest BCUT2D eigenvalue weighted by Crippen LogP contribution is -2.49. The molecule has 0 radical (unpaired) electrons. The second-order valence-electron chi connectivity index (χ2n) is 6.78.